The first-order chi connectivity index (χ1) is 14.4. The Morgan fingerprint density at radius 2 is 1.90 bits per heavy atom. The predicted molar refractivity (Wildman–Crippen MR) is 114 cm³/mol. The van der Waals surface area contributed by atoms with Crippen LogP contribution in [0.2, 0.25) is 0 Å². The number of hydrogen-bond donors (Lipinski definition) is 0. The second-order valence-electron chi connectivity index (χ2n) is 7.43. The molecule has 1 aromatic heterocycles. The predicted octanol–water partition coefficient (Wildman–Crippen LogP) is 5.19. The second kappa shape index (κ2) is 8.22. The van der Waals surface area contributed by atoms with Gasteiger partial charge in [-0.25, -0.2) is 4.39 Å². The summed E-state index contributed by atoms with van der Waals surface area (Å²) >= 11 is 3.36. The minimum atomic E-state index is -0.573. The second-order valence-corrected chi connectivity index (χ2v) is 8.35. The van der Waals surface area contributed by atoms with Crippen molar-refractivity contribution in [1.29, 1.82) is 0 Å². The van der Waals surface area contributed by atoms with Crippen LogP contribution in [0.25, 0.3) is 10.9 Å². The van der Waals surface area contributed by atoms with Crippen LogP contribution in [0.15, 0.2) is 40.9 Å². The molecule has 1 heterocycles. The van der Waals surface area contributed by atoms with Crippen molar-refractivity contribution in [3.8, 4) is 5.75 Å². The third-order valence-corrected chi connectivity index (χ3v) is 6.10. The molecule has 1 saturated carbocycles. The maximum absolute atomic E-state index is 14.5. The number of fused-ring (bicyclic) bond motifs is 1. The minimum Gasteiger partial charge on any atom is -0.494 e. The quantitative estimate of drug-likeness (QED) is 0.478. The van der Waals surface area contributed by atoms with Gasteiger partial charge in [-0.05, 0) is 62.1 Å². The Morgan fingerprint density at radius 1 is 1.20 bits per heavy atom. The van der Waals surface area contributed by atoms with Crippen LogP contribution in [0, 0.1) is 12.7 Å². The molecule has 1 aliphatic carbocycles. The number of hydrogen-bond acceptors (Lipinski definition) is 4. The van der Waals surface area contributed by atoms with Gasteiger partial charge in [0.25, 0.3) is 5.91 Å². The molecular formula is C23H21BrFNO4. The fourth-order valence-electron chi connectivity index (χ4n) is 3.70. The Bertz CT molecular complexity index is 1130. The van der Waals surface area contributed by atoms with E-state index >= 15 is 0 Å². The summed E-state index contributed by atoms with van der Waals surface area (Å²) in [4.78, 5) is 25.8. The smallest absolute Gasteiger partial charge is 0.310 e. The number of methoxy groups -OCH3 is 1. The summed E-state index contributed by atoms with van der Waals surface area (Å²) in [6.45, 7) is 1.76. The van der Waals surface area contributed by atoms with Crippen molar-refractivity contribution in [1.82, 2.24) is 4.57 Å². The molecular weight excluding hydrogens is 453 g/mol. The number of carbonyl (C=O) groups is 2. The standard InChI is InChI=1S/C23H21BrFNO4/c1-13-17(11-22(27)30-16-4-3-5-16)18-10-21(29-2)19(25)12-20(18)26(13)23(28)14-6-8-15(24)9-7-14/h6-10,12,16H,3-5,11H2,1-2H3. The van der Waals surface area contributed by atoms with Crippen molar-refractivity contribution in [2.45, 2.75) is 38.7 Å². The summed E-state index contributed by atoms with van der Waals surface area (Å²) in [5.74, 6) is -1.16. The van der Waals surface area contributed by atoms with Crippen molar-refractivity contribution in [3.05, 3.63) is 63.5 Å². The zero-order chi connectivity index (χ0) is 21.4. The molecule has 2 aromatic carbocycles. The van der Waals surface area contributed by atoms with E-state index in [1.165, 1.54) is 23.8 Å². The lowest BCUT2D eigenvalue weighted by atomic mass is 9.96. The zero-order valence-electron chi connectivity index (χ0n) is 16.7. The first kappa shape index (κ1) is 20.6. The van der Waals surface area contributed by atoms with Gasteiger partial charge in [-0.15, -0.1) is 0 Å². The van der Waals surface area contributed by atoms with Gasteiger partial charge in [0.2, 0.25) is 0 Å². The van der Waals surface area contributed by atoms with E-state index in [1.54, 1.807) is 31.2 Å². The van der Waals surface area contributed by atoms with E-state index in [0.717, 1.165) is 23.7 Å². The Morgan fingerprint density at radius 3 is 2.50 bits per heavy atom. The van der Waals surface area contributed by atoms with Crippen LogP contribution in [-0.4, -0.2) is 29.7 Å². The molecule has 0 N–H and O–H groups in total. The van der Waals surface area contributed by atoms with E-state index in [1.807, 2.05) is 0 Å². The molecule has 0 radical (unpaired) electrons. The summed E-state index contributed by atoms with van der Waals surface area (Å²) in [6, 6.07) is 9.75. The summed E-state index contributed by atoms with van der Waals surface area (Å²) in [5, 5.41) is 0.599. The lowest BCUT2D eigenvalue weighted by Gasteiger charge is -2.25. The van der Waals surface area contributed by atoms with Gasteiger partial charge in [-0.1, -0.05) is 15.9 Å². The number of esters is 1. The van der Waals surface area contributed by atoms with Gasteiger partial charge in [-0.3, -0.25) is 14.2 Å². The molecule has 1 aliphatic rings. The normalized spacial score (nSPS) is 13.9. The number of aromatic nitrogens is 1. The van der Waals surface area contributed by atoms with Crippen molar-refractivity contribution in [3.63, 3.8) is 0 Å². The van der Waals surface area contributed by atoms with Crippen molar-refractivity contribution < 1.29 is 23.5 Å². The van der Waals surface area contributed by atoms with Crippen LogP contribution in [0.3, 0.4) is 0 Å². The highest BCUT2D eigenvalue weighted by molar-refractivity contribution is 9.10. The number of halogens is 2. The number of ether oxygens (including phenoxy) is 2. The summed E-state index contributed by atoms with van der Waals surface area (Å²) < 4.78 is 27.4. The molecule has 4 rings (SSSR count). The highest BCUT2D eigenvalue weighted by Crippen LogP contribution is 2.33. The number of nitrogens with zero attached hydrogens (tertiary/aromatic N) is 1. The van der Waals surface area contributed by atoms with Gasteiger partial charge in [0.1, 0.15) is 6.10 Å². The van der Waals surface area contributed by atoms with Gasteiger partial charge < -0.3 is 9.47 Å². The van der Waals surface area contributed by atoms with Crippen LogP contribution in [-0.2, 0) is 16.0 Å². The van der Waals surface area contributed by atoms with E-state index in [0.29, 0.717) is 27.7 Å². The topological polar surface area (TPSA) is 57.5 Å². The fraction of sp³-hybridized carbons (Fsp3) is 0.304. The van der Waals surface area contributed by atoms with Gasteiger partial charge >= 0.3 is 5.97 Å². The largest absolute Gasteiger partial charge is 0.494 e. The summed E-state index contributed by atoms with van der Waals surface area (Å²) in [7, 11) is 1.38. The molecule has 0 saturated heterocycles. The van der Waals surface area contributed by atoms with E-state index in [2.05, 4.69) is 15.9 Å². The van der Waals surface area contributed by atoms with E-state index in [-0.39, 0.29) is 30.2 Å². The maximum atomic E-state index is 14.5. The fourth-order valence-corrected chi connectivity index (χ4v) is 3.97. The maximum Gasteiger partial charge on any atom is 0.310 e. The van der Waals surface area contributed by atoms with Crippen molar-refractivity contribution >= 4 is 38.7 Å². The molecule has 3 aromatic rings. The molecule has 7 heteroatoms. The molecule has 1 fully saturated rings. The van der Waals surface area contributed by atoms with Crippen LogP contribution >= 0.6 is 15.9 Å². The van der Waals surface area contributed by atoms with Gasteiger partial charge in [0.15, 0.2) is 11.6 Å². The Balaban J connectivity index is 1.81. The number of carbonyl (C=O) groups excluding carboxylic acids is 2. The third kappa shape index (κ3) is 3.74. The van der Waals surface area contributed by atoms with Crippen LogP contribution in [0.5, 0.6) is 5.75 Å². The van der Waals surface area contributed by atoms with Gasteiger partial charge in [0.05, 0.1) is 19.0 Å². The van der Waals surface area contributed by atoms with Crippen LogP contribution in [0.4, 0.5) is 4.39 Å². The Labute approximate surface area is 181 Å². The SMILES string of the molecule is COc1cc2c(CC(=O)OC3CCC3)c(C)n(C(=O)c3ccc(Br)cc3)c2cc1F. The highest BCUT2D eigenvalue weighted by atomic mass is 79.9. The highest BCUT2D eigenvalue weighted by Gasteiger charge is 2.26. The van der Waals surface area contributed by atoms with Crippen LogP contribution in [0.1, 0.15) is 40.9 Å². The third-order valence-electron chi connectivity index (χ3n) is 5.57. The van der Waals surface area contributed by atoms with Crippen molar-refractivity contribution in [2.75, 3.05) is 7.11 Å². The minimum absolute atomic E-state index is 0.00817. The zero-order valence-corrected chi connectivity index (χ0v) is 18.3. The Kier molecular flexibility index (Phi) is 5.64. The van der Waals surface area contributed by atoms with Crippen LogP contribution < -0.4 is 4.74 Å². The summed E-state index contributed by atoms with van der Waals surface area (Å²) in [6.07, 6.45) is 2.81. The number of benzene rings is 2. The lowest BCUT2D eigenvalue weighted by molar-refractivity contribution is -0.152. The van der Waals surface area contributed by atoms with Crippen molar-refractivity contribution in [2.24, 2.45) is 0 Å². The molecule has 0 spiro atoms. The molecule has 0 unspecified atom stereocenters. The van der Waals surface area contributed by atoms with E-state index in [9.17, 15) is 14.0 Å². The van der Waals surface area contributed by atoms with E-state index < -0.39 is 5.82 Å². The number of rotatable bonds is 5. The van der Waals surface area contributed by atoms with E-state index in [4.69, 9.17) is 9.47 Å². The van der Waals surface area contributed by atoms with Gasteiger partial charge in [-0.2, -0.15) is 0 Å². The molecule has 5 nitrogen and oxygen atoms in total. The average molecular weight is 474 g/mol. The monoisotopic (exact) mass is 473 g/mol. The molecule has 156 valence electrons. The molecule has 0 aliphatic heterocycles. The molecule has 0 atom stereocenters. The van der Waals surface area contributed by atoms with Gasteiger partial charge in [0, 0.05) is 27.2 Å². The first-order valence-corrected chi connectivity index (χ1v) is 10.6. The molecule has 0 bridgehead atoms. The molecule has 30 heavy (non-hydrogen) atoms. The average Bonchev–Trinajstić information content (AvgIpc) is 2.94. The Hall–Kier alpha value is -2.67. The lowest BCUT2D eigenvalue weighted by Crippen LogP contribution is -2.26. The first-order valence-electron chi connectivity index (χ1n) is 9.76. The summed E-state index contributed by atoms with van der Waals surface area (Å²) in [5.41, 5.74) is 2.07. The molecule has 0 amide bonds.